The van der Waals surface area contributed by atoms with Gasteiger partial charge in [0.05, 0.1) is 0 Å². The molecule has 1 aliphatic heterocycles. The quantitative estimate of drug-likeness (QED) is 0.616. The first-order valence-corrected chi connectivity index (χ1v) is 5.69. The van der Waals surface area contributed by atoms with E-state index >= 15 is 0 Å². The van der Waals surface area contributed by atoms with Crippen LogP contribution in [-0.2, 0) is 20.9 Å². The van der Waals surface area contributed by atoms with Gasteiger partial charge >= 0.3 is 0 Å². The molecule has 1 aliphatic rings. The molecule has 2 N–H and O–H groups in total. The molecule has 0 aliphatic carbocycles. The first kappa shape index (κ1) is 11.7. The summed E-state index contributed by atoms with van der Waals surface area (Å²) >= 11 is 0. The number of nitrogens with two attached hydrogens (primary N) is 1. The van der Waals surface area contributed by atoms with E-state index < -0.39 is 11.8 Å². The summed E-state index contributed by atoms with van der Waals surface area (Å²) in [6, 6.07) is 5.08. The maximum Gasteiger partial charge on any atom is 0.255 e. The fourth-order valence-corrected chi connectivity index (χ4v) is 1.89. The van der Waals surface area contributed by atoms with Crippen molar-refractivity contribution >= 4 is 28.6 Å². The lowest BCUT2D eigenvalue weighted by atomic mass is 10.3. The predicted octanol–water partition coefficient (Wildman–Crippen LogP) is 0.295. The zero-order valence-corrected chi connectivity index (χ0v) is 9.96. The molecule has 19 heavy (non-hydrogen) atoms. The minimum absolute atomic E-state index is 0.00954. The van der Waals surface area contributed by atoms with Crippen molar-refractivity contribution in [2.45, 2.75) is 6.54 Å². The van der Waals surface area contributed by atoms with Crippen LogP contribution < -0.4 is 5.73 Å². The summed E-state index contributed by atoms with van der Waals surface area (Å²) in [5.41, 5.74) is 7.37. The second kappa shape index (κ2) is 4.36. The number of fused-ring (bicyclic) bond motifs is 1. The van der Waals surface area contributed by atoms with Gasteiger partial charge in [0.2, 0.25) is 5.89 Å². The lowest BCUT2D eigenvalue weighted by Gasteiger charge is -2.23. The van der Waals surface area contributed by atoms with Gasteiger partial charge in [-0.05, 0) is 12.1 Å². The van der Waals surface area contributed by atoms with E-state index in [0.29, 0.717) is 22.7 Å². The summed E-state index contributed by atoms with van der Waals surface area (Å²) in [5.74, 6) is -0.486. The highest BCUT2D eigenvalue weighted by Crippen LogP contribution is 2.19. The van der Waals surface area contributed by atoms with Gasteiger partial charge in [-0.3, -0.25) is 14.5 Å². The van der Waals surface area contributed by atoms with Crippen LogP contribution in [0, 0.1) is 0 Å². The van der Waals surface area contributed by atoms with Crippen LogP contribution in [0.1, 0.15) is 5.89 Å². The van der Waals surface area contributed by atoms with Gasteiger partial charge < -0.3 is 14.9 Å². The van der Waals surface area contributed by atoms with E-state index in [4.69, 9.17) is 14.9 Å². The van der Waals surface area contributed by atoms with Crippen LogP contribution in [0.3, 0.4) is 0 Å². The molecule has 0 spiro atoms. The number of rotatable bonds is 2. The number of carbonyl (C=O) groups is 2. The van der Waals surface area contributed by atoms with Crippen LogP contribution in [0.5, 0.6) is 0 Å². The number of nitrogen functional groups attached to an aromatic ring is 1. The van der Waals surface area contributed by atoms with Gasteiger partial charge in [0.15, 0.2) is 5.58 Å². The minimum Gasteiger partial charge on any atom is -0.439 e. The van der Waals surface area contributed by atoms with E-state index in [-0.39, 0.29) is 19.8 Å². The lowest BCUT2D eigenvalue weighted by Crippen LogP contribution is -2.45. The van der Waals surface area contributed by atoms with Crippen molar-refractivity contribution in [2.75, 3.05) is 18.9 Å². The number of hydrogen-bond donors (Lipinski definition) is 1. The summed E-state index contributed by atoms with van der Waals surface area (Å²) in [6.07, 6.45) is 0. The molecule has 1 aromatic heterocycles. The molecule has 7 nitrogen and oxygen atoms in total. The van der Waals surface area contributed by atoms with Crippen molar-refractivity contribution in [3.63, 3.8) is 0 Å². The zero-order chi connectivity index (χ0) is 13.4. The summed E-state index contributed by atoms with van der Waals surface area (Å²) in [4.78, 5) is 28.4. The molecule has 0 atom stereocenters. The van der Waals surface area contributed by atoms with Crippen LogP contribution in [0.2, 0.25) is 0 Å². The molecule has 1 saturated heterocycles. The number of nitrogens with zero attached hydrogens (tertiary/aromatic N) is 2. The highest BCUT2D eigenvalue weighted by atomic mass is 16.5. The van der Waals surface area contributed by atoms with Crippen molar-refractivity contribution in [1.29, 1.82) is 0 Å². The maximum atomic E-state index is 11.6. The number of morpholine rings is 1. The SMILES string of the molecule is Nc1ccc2nc(CN3C(=O)COCC3=O)oc2c1. The molecule has 2 amide bonds. The number of carbonyl (C=O) groups excluding carboxylic acids is 2. The Morgan fingerprint density at radius 3 is 2.74 bits per heavy atom. The number of benzene rings is 1. The van der Waals surface area contributed by atoms with Gasteiger partial charge in [0.25, 0.3) is 11.8 Å². The van der Waals surface area contributed by atoms with E-state index in [1.165, 1.54) is 0 Å². The lowest BCUT2D eigenvalue weighted by molar-refractivity contribution is -0.159. The smallest absolute Gasteiger partial charge is 0.255 e. The first-order valence-electron chi connectivity index (χ1n) is 5.69. The number of amides is 2. The highest BCUT2D eigenvalue weighted by molar-refractivity contribution is 5.98. The Kier molecular flexibility index (Phi) is 2.68. The van der Waals surface area contributed by atoms with Crippen LogP contribution >= 0.6 is 0 Å². The van der Waals surface area contributed by atoms with Crippen LogP contribution in [0.25, 0.3) is 11.1 Å². The normalized spacial score (nSPS) is 16.3. The van der Waals surface area contributed by atoms with Gasteiger partial charge in [-0.1, -0.05) is 0 Å². The third kappa shape index (κ3) is 2.15. The monoisotopic (exact) mass is 261 g/mol. The maximum absolute atomic E-state index is 11.6. The summed E-state index contributed by atoms with van der Waals surface area (Å²) in [7, 11) is 0. The molecule has 1 aromatic carbocycles. The van der Waals surface area contributed by atoms with E-state index in [2.05, 4.69) is 4.98 Å². The Bertz CT molecular complexity index is 648. The van der Waals surface area contributed by atoms with Crippen molar-refractivity contribution in [2.24, 2.45) is 0 Å². The molecule has 7 heteroatoms. The average Bonchev–Trinajstić information content (AvgIpc) is 2.75. The molecular formula is C12H11N3O4. The van der Waals surface area contributed by atoms with Crippen LogP contribution in [0.4, 0.5) is 5.69 Å². The number of aromatic nitrogens is 1. The van der Waals surface area contributed by atoms with Crippen molar-refractivity contribution in [3.05, 3.63) is 24.1 Å². The number of imide groups is 1. The first-order chi connectivity index (χ1) is 9.13. The third-order valence-corrected chi connectivity index (χ3v) is 2.80. The second-order valence-corrected chi connectivity index (χ2v) is 4.20. The molecule has 0 saturated carbocycles. The summed E-state index contributed by atoms with van der Waals surface area (Å²) in [5, 5.41) is 0. The molecule has 2 aromatic rings. The molecule has 98 valence electrons. The molecular weight excluding hydrogens is 250 g/mol. The molecule has 0 unspecified atom stereocenters. The number of ether oxygens (including phenoxy) is 1. The van der Waals surface area contributed by atoms with Gasteiger partial charge in [-0.15, -0.1) is 0 Å². The van der Waals surface area contributed by atoms with E-state index in [0.717, 1.165) is 4.90 Å². The predicted molar refractivity (Wildman–Crippen MR) is 64.8 cm³/mol. The van der Waals surface area contributed by atoms with Gasteiger partial charge in [-0.25, -0.2) is 4.98 Å². The Hall–Kier alpha value is -2.41. The van der Waals surface area contributed by atoms with Crippen LogP contribution in [0.15, 0.2) is 22.6 Å². The van der Waals surface area contributed by atoms with Crippen molar-refractivity contribution < 1.29 is 18.7 Å². The molecule has 0 bridgehead atoms. The summed E-state index contributed by atoms with van der Waals surface area (Å²) in [6.45, 7) is -0.187. The Balaban J connectivity index is 1.88. The number of anilines is 1. The average molecular weight is 261 g/mol. The molecule has 1 fully saturated rings. The topological polar surface area (TPSA) is 98.7 Å². The largest absolute Gasteiger partial charge is 0.439 e. The van der Waals surface area contributed by atoms with Gasteiger partial charge in [0, 0.05) is 11.8 Å². The van der Waals surface area contributed by atoms with Gasteiger partial charge in [0.1, 0.15) is 25.3 Å². The Morgan fingerprint density at radius 1 is 1.26 bits per heavy atom. The Morgan fingerprint density at radius 2 is 2.00 bits per heavy atom. The Labute approximate surface area is 107 Å². The fourth-order valence-electron chi connectivity index (χ4n) is 1.89. The minimum atomic E-state index is -0.391. The zero-order valence-electron chi connectivity index (χ0n) is 9.96. The van der Waals surface area contributed by atoms with Gasteiger partial charge in [-0.2, -0.15) is 0 Å². The standard InChI is InChI=1S/C12H11N3O4/c13-7-1-2-8-9(3-7)19-10(14-8)4-15-11(16)5-18-6-12(15)17/h1-3H,4-6,13H2. The fraction of sp³-hybridized carbons (Fsp3) is 0.250. The third-order valence-electron chi connectivity index (χ3n) is 2.80. The molecule has 0 radical (unpaired) electrons. The second-order valence-electron chi connectivity index (χ2n) is 4.20. The molecule has 2 heterocycles. The molecule has 3 rings (SSSR count). The van der Waals surface area contributed by atoms with Crippen LogP contribution in [-0.4, -0.2) is 34.9 Å². The summed E-state index contributed by atoms with van der Waals surface area (Å²) < 4.78 is 10.3. The highest BCUT2D eigenvalue weighted by Gasteiger charge is 2.28. The van der Waals surface area contributed by atoms with E-state index in [9.17, 15) is 9.59 Å². The van der Waals surface area contributed by atoms with Crippen molar-refractivity contribution in [1.82, 2.24) is 9.88 Å². The van der Waals surface area contributed by atoms with Crippen molar-refractivity contribution in [3.8, 4) is 0 Å². The number of oxazole rings is 1. The number of hydrogen-bond acceptors (Lipinski definition) is 6. The van der Waals surface area contributed by atoms with E-state index in [1.54, 1.807) is 18.2 Å². The van der Waals surface area contributed by atoms with E-state index in [1.807, 2.05) is 0 Å².